The van der Waals surface area contributed by atoms with Crippen LogP contribution in [0, 0.1) is 0 Å². The number of nitrogens with one attached hydrogen (secondary N) is 1. The van der Waals surface area contributed by atoms with Crippen LogP contribution in [0.4, 0.5) is 24.5 Å². The summed E-state index contributed by atoms with van der Waals surface area (Å²) in [5.74, 6) is -0.759. The van der Waals surface area contributed by atoms with Crippen LogP contribution in [0.25, 0.3) is 0 Å². The van der Waals surface area contributed by atoms with Gasteiger partial charge in [-0.1, -0.05) is 73.6 Å². The lowest BCUT2D eigenvalue weighted by atomic mass is 10.1. The molecule has 36 heavy (non-hydrogen) atoms. The third-order valence-electron chi connectivity index (χ3n) is 5.45. The van der Waals surface area contributed by atoms with E-state index in [1.165, 1.54) is 35.2 Å². The van der Waals surface area contributed by atoms with Crippen molar-refractivity contribution in [3.63, 3.8) is 0 Å². The van der Waals surface area contributed by atoms with Gasteiger partial charge in [0.2, 0.25) is 11.8 Å². The maximum absolute atomic E-state index is 13.2. The van der Waals surface area contributed by atoms with Gasteiger partial charge in [-0.15, -0.1) is 0 Å². The first-order valence-corrected chi connectivity index (χ1v) is 13.2. The molecular formula is C25H26Cl2F3N3O2S. The van der Waals surface area contributed by atoms with E-state index in [2.05, 4.69) is 17.2 Å². The third kappa shape index (κ3) is 8.15. The molecule has 0 aliphatic carbocycles. The second kappa shape index (κ2) is 12.8. The molecule has 11 heteroatoms. The summed E-state index contributed by atoms with van der Waals surface area (Å²) in [5.41, 5.74) is -0.409. The predicted molar refractivity (Wildman–Crippen MR) is 140 cm³/mol. The number of amides is 2. The number of hydrogen-bond donors (Lipinski definition) is 1. The number of thioether (sulfide) groups is 1. The van der Waals surface area contributed by atoms with Crippen molar-refractivity contribution in [1.82, 2.24) is 4.90 Å². The van der Waals surface area contributed by atoms with Crippen LogP contribution >= 0.6 is 35.0 Å². The van der Waals surface area contributed by atoms with Gasteiger partial charge in [0.05, 0.1) is 11.3 Å². The molecule has 1 aliphatic heterocycles. The van der Waals surface area contributed by atoms with Crippen molar-refractivity contribution in [2.75, 3.05) is 11.9 Å². The van der Waals surface area contributed by atoms with Crippen LogP contribution in [0.3, 0.4) is 0 Å². The number of anilines is 1. The zero-order chi connectivity index (χ0) is 26.3. The number of alkyl halides is 3. The maximum atomic E-state index is 13.2. The predicted octanol–water partition coefficient (Wildman–Crippen LogP) is 7.94. The molecule has 1 atom stereocenters. The van der Waals surface area contributed by atoms with Crippen LogP contribution in [0.15, 0.2) is 47.5 Å². The van der Waals surface area contributed by atoms with Crippen molar-refractivity contribution in [2.45, 2.75) is 56.9 Å². The number of carbonyl (C=O) groups excluding carboxylic acids is 2. The quantitative estimate of drug-likeness (QED) is 0.317. The van der Waals surface area contributed by atoms with Crippen LogP contribution in [0.2, 0.25) is 10.0 Å². The summed E-state index contributed by atoms with van der Waals surface area (Å²) in [5, 5.41) is 2.76. The molecule has 1 aliphatic rings. The summed E-state index contributed by atoms with van der Waals surface area (Å²) in [6, 6.07) is 9.16. The fourth-order valence-corrected chi connectivity index (χ4v) is 5.30. The SMILES string of the molecule is CCCCCCCN1C(=O)CC(C(=O)Nc2cc(Cl)cc(Cl)c2)SC1=Nc1cccc(C(F)(F)F)c1. The summed E-state index contributed by atoms with van der Waals surface area (Å²) in [6.07, 6.45) is 0.245. The zero-order valence-corrected chi connectivity index (χ0v) is 21.9. The van der Waals surface area contributed by atoms with Gasteiger partial charge in [0.25, 0.3) is 0 Å². The molecular weight excluding hydrogens is 534 g/mol. The Bertz CT molecular complexity index is 1110. The van der Waals surface area contributed by atoms with E-state index in [9.17, 15) is 22.8 Å². The minimum Gasteiger partial charge on any atom is -0.325 e. The highest BCUT2D eigenvalue weighted by Gasteiger charge is 2.36. The zero-order valence-electron chi connectivity index (χ0n) is 19.6. The molecule has 1 unspecified atom stereocenters. The topological polar surface area (TPSA) is 61.8 Å². The van der Waals surface area contributed by atoms with Crippen molar-refractivity contribution < 1.29 is 22.8 Å². The van der Waals surface area contributed by atoms with E-state index in [-0.39, 0.29) is 23.2 Å². The molecule has 0 aromatic heterocycles. The number of benzene rings is 2. The van der Waals surface area contributed by atoms with Gasteiger partial charge in [-0.05, 0) is 42.8 Å². The van der Waals surface area contributed by atoms with Gasteiger partial charge in [-0.3, -0.25) is 14.5 Å². The van der Waals surface area contributed by atoms with Crippen LogP contribution in [0.5, 0.6) is 0 Å². The molecule has 0 saturated carbocycles. The lowest BCUT2D eigenvalue weighted by molar-refractivity contribution is -0.137. The number of unbranched alkanes of at least 4 members (excludes halogenated alkanes) is 4. The van der Waals surface area contributed by atoms with Gasteiger partial charge < -0.3 is 5.32 Å². The highest BCUT2D eigenvalue weighted by atomic mass is 35.5. The van der Waals surface area contributed by atoms with Crippen LogP contribution in [0.1, 0.15) is 51.0 Å². The summed E-state index contributed by atoms with van der Waals surface area (Å²) < 4.78 is 39.6. The lowest BCUT2D eigenvalue weighted by Crippen LogP contribution is -2.45. The van der Waals surface area contributed by atoms with Crippen molar-refractivity contribution >= 4 is 63.3 Å². The first-order chi connectivity index (χ1) is 17.1. The van der Waals surface area contributed by atoms with E-state index in [1.807, 2.05) is 0 Å². The lowest BCUT2D eigenvalue weighted by Gasteiger charge is -2.32. The minimum atomic E-state index is -4.52. The average Bonchev–Trinajstić information content (AvgIpc) is 2.79. The molecule has 1 heterocycles. The van der Waals surface area contributed by atoms with Crippen LogP contribution in [-0.4, -0.2) is 33.7 Å². The Labute approximate surface area is 222 Å². The molecule has 2 aromatic rings. The van der Waals surface area contributed by atoms with Crippen molar-refractivity contribution in [2.24, 2.45) is 4.99 Å². The summed E-state index contributed by atoms with van der Waals surface area (Å²) in [7, 11) is 0. The Morgan fingerprint density at radius 2 is 1.81 bits per heavy atom. The molecule has 1 N–H and O–H groups in total. The Kier molecular flexibility index (Phi) is 10.1. The van der Waals surface area contributed by atoms with Gasteiger partial charge in [0, 0.05) is 28.7 Å². The number of halogens is 5. The highest BCUT2D eigenvalue weighted by Crippen LogP contribution is 2.34. The second-order valence-electron chi connectivity index (χ2n) is 8.36. The summed E-state index contributed by atoms with van der Waals surface area (Å²) in [6.45, 7) is 2.48. The fourth-order valence-electron chi connectivity index (χ4n) is 3.65. The Hall–Kier alpha value is -2.23. The number of aliphatic imine (C=N–C) groups is 1. The van der Waals surface area contributed by atoms with Gasteiger partial charge in [0.1, 0.15) is 5.25 Å². The number of nitrogens with zero attached hydrogens (tertiary/aromatic N) is 2. The van der Waals surface area contributed by atoms with E-state index < -0.39 is 22.9 Å². The molecule has 194 valence electrons. The number of carbonyl (C=O) groups is 2. The van der Waals surface area contributed by atoms with E-state index >= 15 is 0 Å². The smallest absolute Gasteiger partial charge is 0.325 e. The molecule has 0 radical (unpaired) electrons. The second-order valence-corrected chi connectivity index (χ2v) is 10.4. The number of hydrogen-bond acceptors (Lipinski definition) is 4. The van der Waals surface area contributed by atoms with Gasteiger partial charge in [-0.2, -0.15) is 13.2 Å². The van der Waals surface area contributed by atoms with Crippen molar-refractivity contribution in [1.29, 1.82) is 0 Å². The van der Waals surface area contributed by atoms with E-state index in [0.29, 0.717) is 22.3 Å². The largest absolute Gasteiger partial charge is 0.416 e. The molecule has 1 saturated heterocycles. The standard InChI is InChI=1S/C25H26Cl2F3N3O2S/c1-2-3-4-5-6-10-33-22(34)15-21(23(35)31-20-13-17(26)12-18(27)14-20)36-24(33)32-19-9-7-8-16(11-19)25(28,29)30/h7-9,11-14,21H,2-6,10,15H2,1H3,(H,31,35). The Morgan fingerprint density at radius 3 is 2.47 bits per heavy atom. The Morgan fingerprint density at radius 1 is 1.11 bits per heavy atom. The van der Waals surface area contributed by atoms with E-state index in [0.717, 1.165) is 56.0 Å². The Balaban J connectivity index is 1.84. The molecule has 2 amide bonds. The maximum Gasteiger partial charge on any atom is 0.416 e. The molecule has 0 spiro atoms. The van der Waals surface area contributed by atoms with E-state index in [4.69, 9.17) is 23.2 Å². The number of amidine groups is 1. The van der Waals surface area contributed by atoms with Gasteiger partial charge >= 0.3 is 6.18 Å². The highest BCUT2D eigenvalue weighted by molar-refractivity contribution is 8.15. The van der Waals surface area contributed by atoms with Crippen LogP contribution < -0.4 is 5.32 Å². The molecule has 2 aromatic carbocycles. The van der Waals surface area contributed by atoms with Crippen molar-refractivity contribution in [3.8, 4) is 0 Å². The third-order valence-corrected chi connectivity index (χ3v) is 7.07. The first-order valence-electron chi connectivity index (χ1n) is 11.6. The molecule has 3 rings (SSSR count). The normalized spacial score (nSPS) is 17.5. The fraction of sp³-hybridized carbons (Fsp3) is 0.400. The van der Waals surface area contributed by atoms with Crippen molar-refractivity contribution in [3.05, 3.63) is 58.1 Å². The monoisotopic (exact) mass is 559 g/mol. The van der Waals surface area contributed by atoms with Gasteiger partial charge in [-0.25, -0.2) is 4.99 Å². The van der Waals surface area contributed by atoms with Crippen LogP contribution in [-0.2, 0) is 15.8 Å². The molecule has 1 fully saturated rings. The average molecular weight is 560 g/mol. The molecule has 5 nitrogen and oxygen atoms in total. The first kappa shape index (κ1) is 28.3. The summed E-state index contributed by atoms with van der Waals surface area (Å²) in [4.78, 5) is 31.9. The van der Waals surface area contributed by atoms with E-state index in [1.54, 1.807) is 0 Å². The number of rotatable bonds is 9. The molecule has 0 bridgehead atoms. The van der Waals surface area contributed by atoms with Gasteiger partial charge in [0.15, 0.2) is 5.17 Å². The minimum absolute atomic E-state index is 0.0544. The summed E-state index contributed by atoms with van der Waals surface area (Å²) >= 11 is 13.0.